The zero-order chi connectivity index (χ0) is 16.2. The number of carboxylic acid groups (broad SMARTS) is 1. The molecule has 21 heavy (non-hydrogen) atoms. The lowest BCUT2D eigenvalue weighted by atomic mass is 10.1. The number of amides is 1. The molecule has 2 N–H and O–H groups in total. The highest BCUT2D eigenvalue weighted by molar-refractivity contribution is 6.35. The van der Waals surface area contributed by atoms with Crippen LogP contribution in [0.2, 0.25) is 10.0 Å². The van der Waals surface area contributed by atoms with Crippen LogP contribution in [0.4, 0.5) is 5.69 Å². The van der Waals surface area contributed by atoms with Crippen LogP contribution in [0.3, 0.4) is 0 Å². The van der Waals surface area contributed by atoms with E-state index in [1.54, 1.807) is 23.1 Å². The summed E-state index contributed by atoms with van der Waals surface area (Å²) in [6.07, 6.45) is 0. The Morgan fingerprint density at radius 2 is 1.86 bits per heavy atom. The molecule has 0 unspecified atom stereocenters. The third kappa shape index (κ3) is 5.91. The smallest absolute Gasteiger partial charge is 0.317 e. The van der Waals surface area contributed by atoms with Gasteiger partial charge in [0, 0.05) is 10.6 Å². The topological polar surface area (TPSA) is 69.6 Å². The minimum atomic E-state index is -0.987. The van der Waals surface area contributed by atoms with E-state index in [0.29, 0.717) is 15.7 Å². The summed E-state index contributed by atoms with van der Waals surface area (Å²) < 4.78 is 0. The number of carbonyl (C=O) groups is 2. The molecule has 7 heteroatoms. The normalized spacial score (nSPS) is 11.5. The number of halogens is 2. The fourth-order valence-electron chi connectivity index (χ4n) is 1.65. The highest BCUT2D eigenvalue weighted by Gasteiger charge is 2.25. The molecule has 0 saturated carbocycles. The summed E-state index contributed by atoms with van der Waals surface area (Å²) in [6, 6.07) is 4.74. The maximum absolute atomic E-state index is 12.1. The average molecular weight is 333 g/mol. The maximum atomic E-state index is 12.1. The highest BCUT2D eigenvalue weighted by Crippen LogP contribution is 2.25. The van der Waals surface area contributed by atoms with E-state index in [0.717, 1.165) is 0 Å². The number of nitrogens with zero attached hydrogens (tertiary/aromatic N) is 1. The Kier molecular flexibility index (Phi) is 6.01. The fraction of sp³-hybridized carbons (Fsp3) is 0.429. The van der Waals surface area contributed by atoms with Crippen molar-refractivity contribution in [3.63, 3.8) is 0 Å². The molecule has 0 radical (unpaired) electrons. The Bertz CT molecular complexity index is 542. The molecule has 0 aliphatic rings. The van der Waals surface area contributed by atoms with Crippen molar-refractivity contribution in [2.45, 2.75) is 26.3 Å². The minimum Gasteiger partial charge on any atom is -0.480 e. The molecule has 116 valence electrons. The van der Waals surface area contributed by atoms with Crippen molar-refractivity contribution in [3.05, 3.63) is 28.2 Å². The van der Waals surface area contributed by atoms with E-state index in [4.69, 9.17) is 28.3 Å². The standard InChI is InChI=1S/C14H18Cl2N2O3/c1-14(2,3)18(8-13(20)21)7-12(19)17-11-6-9(15)4-5-10(11)16/h4-6H,7-8H2,1-3H3,(H,17,19)(H,20,21). The Balaban J connectivity index is 2.78. The number of hydrogen-bond acceptors (Lipinski definition) is 3. The number of benzene rings is 1. The number of anilines is 1. The molecule has 1 amide bonds. The van der Waals surface area contributed by atoms with E-state index in [1.165, 1.54) is 0 Å². The van der Waals surface area contributed by atoms with Gasteiger partial charge in [0.2, 0.25) is 5.91 Å². The van der Waals surface area contributed by atoms with Gasteiger partial charge in [-0.25, -0.2) is 0 Å². The van der Waals surface area contributed by atoms with Crippen LogP contribution in [0.25, 0.3) is 0 Å². The lowest BCUT2D eigenvalue weighted by Gasteiger charge is -2.33. The number of aliphatic carboxylic acids is 1. The van der Waals surface area contributed by atoms with Crippen LogP contribution in [0.1, 0.15) is 20.8 Å². The predicted octanol–water partition coefficient (Wildman–Crippen LogP) is 3.12. The lowest BCUT2D eigenvalue weighted by molar-refractivity contribution is -0.140. The number of carboxylic acids is 1. The van der Waals surface area contributed by atoms with Crippen LogP contribution >= 0.6 is 23.2 Å². The first-order valence-corrected chi connectivity index (χ1v) is 7.07. The van der Waals surface area contributed by atoms with Gasteiger partial charge in [0.1, 0.15) is 0 Å². The SMILES string of the molecule is CC(C)(C)N(CC(=O)O)CC(=O)Nc1cc(Cl)ccc1Cl. The van der Waals surface area contributed by atoms with E-state index in [9.17, 15) is 9.59 Å². The number of carbonyl (C=O) groups excluding carboxylic acids is 1. The second kappa shape index (κ2) is 7.11. The second-order valence-corrected chi connectivity index (χ2v) is 6.44. The Hall–Kier alpha value is -1.30. The summed E-state index contributed by atoms with van der Waals surface area (Å²) in [6.45, 7) is 5.25. The molecule has 0 spiro atoms. The first-order chi connectivity index (χ1) is 9.59. The van der Waals surface area contributed by atoms with Gasteiger partial charge in [-0.15, -0.1) is 0 Å². The zero-order valence-corrected chi connectivity index (χ0v) is 13.6. The quantitative estimate of drug-likeness (QED) is 0.869. The summed E-state index contributed by atoms with van der Waals surface area (Å²) in [5, 5.41) is 12.4. The Morgan fingerprint density at radius 3 is 2.38 bits per heavy atom. The molecular weight excluding hydrogens is 315 g/mol. The van der Waals surface area contributed by atoms with Crippen molar-refractivity contribution < 1.29 is 14.7 Å². The van der Waals surface area contributed by atoms with Crippen molar-refractivity contribution in [1.82, 2.24) is 4.90 Å². The van der Waals surface area contributed by atoms with E-state index in [-0.39, 0.29) is 19.0 Å². The van der Waals surface area contributed by atoms with Gasteiger partial charge in [0.05, 0.1) is 23.8 Å². The van der Waals surface area contributed by atoms with E-state index < -0.39 is 11.5 Å². The lowest BCUT2D eigenvalue weighted by Crippen LogP contribution is -2.48. The van der Waals surface area contributed by atoms with Gasteiger partial charge >= 0.3 is 5.97 Å². The summed E-state index contributed by atoms with van der Waals surface area (Å²) in [5.41, 5.74) is -0.0493. The van der Waals surface area contributed by atoms with Crippen LogP contribution < -0.4 is 5.32 Å². The van der Waals surface area contributed by atoms with Gasteiger partial charge in [-0.05, 0) is 39.0 Å². The summed E-state index contributed by atoms with van der Waals surface area (Å²) in [5.74, 6) is -1.34. The number of rotatable bonds is 5. The van der Waals surface area contributed by atoms with Gasteiger partial charge in [-0.2, -0.15) is 0 Å². The van der Waals surface area contributed by atoms with Crippen LogP contribution in [0.5, 0.6) is 0 Å². The van der Waals surface area contributed by atoms with Crippen molar-refractivity contribution in [2.24, 2.45) is 0 Å². The molecule has 0 bridgehead atoms. The van der Waals surface area contributed by atoms with E-state index in [1.807, 2.05) is 20.8 Å². The summed E-state index contributed by atoms with van der Waals surface area (Å²) in [4.78, 5) is 24.5. The largest absolute Gasteiger partial charge is 0.480 e. The zero-order valence-electron chi connectivity index (χ0n) is 12.1. The molecule has 0 saturated heterocycles. The molecular formula is C14H18Cl2N2O3. The first-order valence-electron chi connectivity index (χ1n) is 6.31. The summed E-state index contributed by atoms with van der Waals surface area (Å²) in [7, 11) is 0. The van der Waals surface area contributed by atoms with Gasteiger partial charge < -0.3 is 10.4 Å². The van der Waals surface area contributed by atoms with Crippen molar-refractivity contribution >= 4 is 40.8 Å². The third-order valence-electron chi connectivity index (χ3n) is 2.81. The molecule has 1 aromatic carbocycles. The monoisotopic (exact) mass is 332 g/mol. The average Bonchev–Trinajstić information content (AvgIpc) is 2.31. The molecule has 5 nitrogen and oxygen atoms in total. The van der Waals surface area contributed by atoms with E-state index >= 15 is 0 Å². The predicted molar refractivity (Wildman–Crippen MR) is 84.1 cm³/mol. The second-order valence-electron chi connectivity index (χ2n) is 5.59. The van der Waals surface area contributed by atoms with Gasteiger partial charge in [-0.1, -0.05) is 23.2 Å². The molecule has 0 aliphatic carbocycles. The van der Waals surface area contributed by atoms with Crippen molar-refractivity contribution in [2.75, 3.05) is 18.4 Å². The Morgan fingerprint density at radius 1 is 1.24 bits per heavy atom. The highest BCUT2D eigenvalue weighted by atomic mass is 35.5. The minimum absolute atomic E-state index is 0.0569. The van der Waals surface area contributed by atoms with Crippen LogP contribution in [0, 0.1) is 0 Å². The number of hydrogen-bond donors (Lipinski definition) is 2. The fourth-order valence-corrected chi connectivity index (χ4v) is 1.99. The molecule has 0 aliphatic heterocycles. The Labute approximate surface area is 133 Å². The van der Waals surface area contributed by atoms with Crippen LogP contribution in [-0.2, 0) is 9.59 Å². The molecule has 1 rings (SSSR count). The molecule has 0 heterocycles. The maximum Gasteiger partial charge on any atom is 0.317 e. The molecule has 0 fully saturated rings. The van der Waals surface area contributed by atoms with Crippen molar-refractivity contribution in [1.29, 1.82) is 0 Å². The third-order valence-corrected chi connectivity index (χ3v) is 3.38. The van der Waals surface area contributed by atoms with Crippen LogP contribution in [0.15, 0.2) is 18.2 Å². The van der Waals surface area contributed by atoms with Crippen molar-refractivity contribution in [3.8, 4) is 0 Å². The van der Waals surface area contributed by atoms with Crippen LogP contribution in [-0.4, -0.2) is 40.5 Å². The van der Waals surface area contributed by atoms with E-state index in [2.05, 4.69) is 5.32 Å². The summed E-state index contributed by atoms with van der Waals surface area (Å²) >= 11 is 11.8. The van der Waals surface area contributed by atoms with Gasteiger partial charge in [0.15, 0.2) is 0 Å². The molecule has 0 atom stereocenters. The van der Waals surface area contributed by atoms with Gasteiger partial charge in [0.25, 0.3) is 0 Å². The molecule has 0 aromatic heterocycles. The van der Waals surface area contributed by atoms with Gasteiger partial charge in [-0.3, -0.25) is 14.5 Å². The first kappa shape index (κ1) is 17.8. The number of nitrogens with one attached hydrogen (secondary N) is 1. The molecule has 1 aromatic rings.